The molecule has 0 radical (unpaired) electrons. The number of rotatable bonds is 2. The fourth-order valence-electron chi connectivity index (χ4n) is 1.82. The summed E-state index contributed by atoms with van der Waals surface area (Å²) in [4.78, 5) is 12.4. The molecule has 0 bridgehead atoms. The summed E-state index contributed by atoms with van der Waals surface area (Å²) in [6.45, 7) is 5.62. The molecule has 0 N–H and O–H groups in total. The average molecular weight is 293 g/mol. The molecule has 3 heteroatoms. The largest absolute Gasteiger partial charge is 0.466 e. The van der Waals surface area contributed by atoms with Crippen LogP contribution in [0.15, 0.2) is 33.2 Å². The Morgan fingerprint density at radius 1 is 1.18 bits per heavy atom. The van der Waals surface area contributed by atoms with Crippen LogP contribution in [0.4, 0.5) is 0 Å². The molecule has 1 heterocycles. The minimum atomic E-state index is -0.00470. The van der Waals surface area contributed by atoms with Gasteiger partial charge in [0, 0.05) is 10.0 Å². The van der Waals surface area contributed by atoms with Crippen LogP contribution in [0.25, 0.3) is 0 Å². The molecule has 17 heavy (non-hydrogen) atoms. The molecule has 0 amide bonds. The van der Waals surface area contributed by atoms with Crippen molar-refractivity contribution < 1.29 is 9.21 Å². The third kappa shape index (κ3) is 2.20. The molecule has 2 aromatic rings. The summed E-state index contributed by atoms with van der Waals surface area (Å²) in [5.41, 5.74) is 2.36. The number of halogens is 1. The van der Waals surface area contributed by atoms with Crippen LogP contribution in [0.3, 0.4) is 0 Å². The second-order valence-electron chi connectivity index (χ2n) is 4.09. The Bertz CT molecular complexity index is 582. The number of furan rings is 1. The molecule has 88 valence electrons. The lowest BCUT2D eigenvalue weighted by molar-refractivity contribution is 0.103. The number of benzene rings is 1. The highest BCUT2D eigenvalue weighted by atomic mass is 79.9. The summed E-state index contributed by atoms with van der Waals surface area (Å²) in [5, 5.41) is 0. The standard InChI is InChI=1S/C14H13BrO2/c1-8-5-4-6-11(13(8)15)14(16)12-7-9(2)17-10(12)3/h4-7H,1-3H3. The summed E-state index contributed by atoms with van der Waals surface area (Å²) in [7, 11) is 0. The number of carbonyl (C=O) groups is 1. The maximum atomic E-state index is 12.4. The van der Waals surface area contributed by atoms with Crippen LogP contribution in [0, 0.1) is 20.8 Å². The maximum absolute atomic E-state index is 12.4. The molecule has 0 saturated heterocycles. The zero-order valence-corrected chi connectivity index (χ0v) is 11.6. The van der Waals surface area contributed by atoms with E-state index in [1.54, 1.807) is 6.07 Å². The average Bonchev–Trinajstić information content (AvgIpc) is 2.61. The SMILES string of the molecule is Cc1cc(C(=O)c2cccc(C)c2Br)c(C)o1. The van der Waals surface area contributed by atoms with Gasteiger partial charge in [0.2, 0.25) is 0 Å². The molecule has 0 aliphatic carbocycles. The lowest BCUT2D eigenvalue weighted by atomic mass is 10.0. The molecule has 1 aromatic heterocycles. The Labute approximate surface area is 109 Å². The summed E-state index contributed by atoms with van der Waals surface area (Å²) in [5.74, 6) is 1.42. The van der Waals surface area contributed by atoms with Gasteiger partial charge in [-0.3, -0.25) is 4.79 Å². The van der Waals surface area contributed by atoms with Crippen molar-refractivity contribution in [2.75, 3.05) is 0 Å². The number of hydrogen-bond donors (Lipinski definition) is 0. The molecular weight excluding hydrogens is 280 g/mol. The first-order valence-corrected chi connectivity index (χ1v) is 6.17. The van der Waals surface area contributed by atoms with Gasteiger partial charge in [-0.05, 0) is 54.4 Å². The van der Waals surface area contributed by atoms with Crippen molar-refractivity contribution in [1.82, 2.24) is 0 Å². The summed E-state index contributed by atoms with van der Waals surface area (Å²) < 4.78 is 6.24. The summed E-state index contributed by atoms with van der Waals surface area (Å²) in [6, 6.07) is 7.46. The molecule has 2 rings (SSSR count). The van der Waals surface area contributed by atoms with E-state index in [9.17, 15) is 4.79 Å². The van der Waals surface area contributed by atoms with E-state index in [0.29, 0.717) is 16.9 Å². The van der Waals surface area contributed by atoms with Gasteiger partial charge in [-0.1, -0.05) is 12.1 Å². The topological polar surface area (TPSA) is 30.2 Å². The third-order valence-electron chi connectivity index (χ3n) is 2.72. The molecule has 2 nitrogen and oxygen atoms in total. The van der Waals surface area contributed by atoms with Crippen molar-refractivity contribution in [2.45, 2.75) is 20.8 Å². The predicted molar refractivity (Wildman–Crippen MR) is 70.5 cm³/mol. The summed E-state index contributed by atoms with van der Waals surface area (Å²) >= 11 is 3.46. The van der Waals surface area contributed by atoms with Gasteiger partial charge < -0.3 is 4.42 Å². The van der Waals surface area contributed by atoms with Crippen LogP contribution in [-0.2, 0) is 0 Å². The monoisotopic (exact) mass is 292 g/mol. The number of hydrogen-bond acceptors (Lipinski definition) is 2. The van der Waals surface area contributed by atoms with E-state index in [0.717, 1.165) is 15.8 Å². The van der Waals surface area contributed by atoms with Gasteiger partial charge in [-0.2, -0.15) is 0 Å². The molecule has 0 fully saturated rings. The highest BCUT2D eigenvalue weighted by Crippen LogP contribution is 2.25. The number of carbonyl (C=O) groups excluding carboxylic acids is 1. The number of ketones is 1. The van der Waals surface area contributed by atoms with Gasteiger partial charge in [0.15, 0.2) is 5.78 Å². The Morgan fingerprint density at radius 2 is 1.88 bits per heavy atom. The van der Waals surface area contributed by atoms with Gasteiger partial charge in [0.25, 0.3) is 0 Å². The van der Waals surface area contributed by atoms with E-state index in [2.05, 4.69) is 15.9 Å². The van der Waals surface area contributed by atoms with Gasteiger partial charge in [-0.15, -0.1) is 0 Å². The maximum Gasteiger partial charge on any atom is 0.197 e. The third-order valence-corrected chi connectivity index (χ3v) is 3.77. The van der Waals surface area contributed by atoms with Gasteiger partial charge in [0.1, 0.15) is 11.5 Å². The van der Waals surface area contributed by atoms with Crippen LogP contribution < -0.4 is 0 Å². The Morgan fingerprint density at radius 3 is 2.47 bits per heavy atom. The smallest absolute Gasteiger partial charge is 0.197 e. The minimum Gasteiger partial charge on any atom is -0.466 e. The van der Waals surface area contributed by atoms with E-state index >= 15 is 0 Å². The number of aryl methyl sites for hydroxylation is 3. The van der Waals surface area contributed by atoms with Crippen LogP contribution in [0.2, 0.25) is 0 Å². The van der Waals surface area contributed by atoms with Crippen LogP contribution in [-0.4, -0.2) is 5.78 Å². The fraction of sp³-hybridized carbons (Fsp3) is 0.214. The van der Waals surface area contributed by atoms with Crippen LogP contribution >= 0.6 is 15.9 Å². The molecular formula is C14H13BrO2. The van der Waals surface area contributed by atoms with Gasteiger partial charge >= 0.3 is 0 Å². The summed E-state index contributed by atoms with van der Waals surface area (Å²) in [6.07, 6.45) is 0. The first-order valence-electron chi connectivity index (χ1n) is 5.37. The van der Waals surface area contributed by atoms with Crippen molar-refractivity contribution in [3.05, 3.63) is 56.9 Å². The predicted octanol–water partition coefficient (Wildman–Crippen LogP) is 4.20. The van der Waals surface area contributed by atoms with E-state index < -0.39 is 0 Å². The molecule has 0 aliphatic heterocycles. The molecule has 0 spiro atoms. The molecule has 0 aliphatic rings. The molecule has 1 aromatic carbocycles. The van der Waals surface area contributed by atoms with E-state index in [1.807, 2.05) is 39.0 Å². The lowest BCUT2D eigenvalue weighted by Crippen LogP contribution is -2.03. The Hall–Kier alpha value is -1.35. The fourth-order valence-corrected chi connectivity index (χ4v) is 2.27. The van der Waals surface area contributed by atoms with Gasteiger partial charge in [0.05, 0.1) is 5.56 Å². The van der Waals surface area contributed by atoms with E-state index in [4.69, 9.17) is 4.42 Å². The first kappa shape index (κ1) is 12.1. The van der Waals surface area contributed by atoms with Crippen molar-refractivity contribution >= 4 is 21.7 Å². The zero-order chi connectivity index (χ0) is 12.6. The highest BCUT2D eigenvalue weighted by Gasteiger charge is 2.18. The van der Waals surface area contributed by atoms with E-state index in [-0.39, 0.29) is 5.78 Å². The second-order valence-corrected chi connectivity index (χ2v) is 4.89. The quantitative estimate of drug-likeness (QED) is 0.777. The van der Waals surface area contributed by atoms with Crippen molar-refractivity contribution in [2.24, 2.45) is 0 Å². The van der Waals surface area contributed by atoms with Crippen LogP contribution in [0.5, 0.6) is 0 Å². The van der Waals surface area contributed by atoms with Crippen molar-refractivity contribution in [1.29, 1.82) is 0 Å². The molecule has 0 saturated carbocycles. The van der Waals surface area contributed by atoms with Gasteiger partial charge in [-0.25, -0.2) is 0 Å². The van der Waals surface area contributed by atoms with Crippen LogP contribution in [0.1, 0.15) is 33.0 Å². The Balaban J connectivity index is 2.51. The normalized spacial score (nSPS) is 10.6. The highest BCUT2D eigenvalue weighted by molar-refractivity contribution is 9.10. The minimum absolute atomic E-state index is 0.00470. The van der Waals surface area contributed by atoms with Crippen molar-refractivity contribution in [3.63, 3.8) is 0 Å². The first-order chi connectivity index (χ1) is 8.00. The molecule has 0 unspecified atom stereocenters. The zero-order valence-electron chi connectivity index (χ0n) is 10.0. The van der Waals surface area contributed by atoms with Crippen molar-refractivity contribution in [3.8, 4) is 0 Å². The molecule has 0 atom stereocenters. The Kier molecular flexibility index (Phi) is 3.20. The van der Waals surface area contributed by atoms with E-state index in [1.165, 1.54) is 0 Å². The lowest BCUT2D eigenvalue weighted by Gasteiger charge is -2.05. The second kappa shape index (κ2) is 4.49.